The van der Waals surface area contributed by atoms with E-state index in [-0.39, 0.29) is 11.9 Å². The Bertz CT molecular complexity index is 1450. The number of aromatic amines is 1. The van der Waals surface area contributed by atoms with E-state index in [4.69, 9.17) is 4.98 Å². The monoisotopic (exact) mass is 591 g/mol. The number of fused-ring (bicyclic) bond motifs is 1. The van der Waals surface area contributed by atoms with Crippen molar-refractivity contribution in [1.82, 2.24) is 24.7 Å². The van der Waals surface area contributed by atoms with Crippen molar-refractivity contribution in [1.29, 1.82) is 0 Å². The minimum Gasteiger partial charge on any atom is -0.340 e. The number of nitrogens with zero attached hydrogens (tertiary/aromatic N) is 4. The molecule has 0 bridgehead atoms. The van der Waals surface area contributed by atoms with Crippen LogP contribution in [0.5, 0.6) is 0 Å². The van der Waals surface area contributed by atoms with Crippen LogP contribution in [0, 0.1) is 0 Å². The minimum atomic E-state index is -0.197. The number of carbonyl (C=O) groups is 1. The van der Waals surface area contributed by atoms with Crippen LogP contribution in [0.25, 0.3) is 11.0 Å². The average Bonchev–Trinajstić information content (AvgIpc) is 3.50. The first kappa shape index (κ1) is 30.5. The van der Waals surface area contributed by atoms with E-state index in [0.29, 0.717) is 6.54 Å². The average molecular weight is 592 g/mol. The number of unbranched alkanes of at least 4 members (excludes halogenated alkanes) is 1. The van der Waals surface area contributed by atoms with Crippen LogP contribution in [0.2, 0.25) is 0 Å². The van der Waals surface area contributed by atoms with E-state index in [0.717, 1.165) is 67.9 Å². The van der Waals surface area contributed by atoms with Gasteiger partial charge in [0.2, 0.25) is 0 Å². The third-order valence-electron chi connectivity index (χ3n) is 9.54. The van der Waals surface area contributed by atoms with Gasteiger partial charge in [0, 0.05) is 31.6 Å². The van der Waals surface area contributed by atoms with Gasteiger partial charge in [-0.15, -0.1) is 0 Å². The third kappa shape index (κ3) is 7.59. The molecule has 0 saturated carbocycles. The highest BCUT2D eigenvalue weighted by Crippen LogP contribution is 2.30. The number of likely N-dealkylation sites (tertiary alicyclic amines) is 2. The zero-order valence-electron chi connectivity index (χ0n) is 26.5. The molecule has 0 aliphatic carbocycles. The second-order valence-corrected chi connectivity index (χ2v) is 12.9. The topological polar surface area (TPSA) is 55.5 Å². The number of hydrogen-bond acceptors (Lipinski definition) is 4. The molecule has 6 heteroatoms. The summed E-state index contributed by atoms with van der Waals surface area (Å²) in [6.07, 6.45) is 10.5. The van der Waals surface area contributed by atoms with E-state index in [2.05, 4.69) is 75.1 Å². The van der Waals surface area contributed by atoms with Crippen molar-refractivity contribution in [3.63, 3.8) is 0 Å². The lowest BCUT2D eigenvalue weighted by molar-refractivity contribution is 0.0663. The van der Waals surface area contributed by atoms with Crippen LogP contribution in [-0.4, -0.2) is 63.3 Å². The summed E-state index contributed by atoms with van der Waals surface area (Å²) in [6.45, 7) is 9.48. The van der Waals surface area contributed by atoms with E-state index in [1.807, 2.05) is 24.3 Å². The maximum atomic E-state index is 14.4. The summed E-state index contributed by atoms with van der Waals surface area (Å²) in [6, 6.07) is 25.2. The first-order valence-corrected chi connectivity index (χ1v) is 17.0. The van der Waals surface area contributed by atoms with Crippen molar-refractivity contribution in [2.24, 2.45) is 0 Å². The van der Waals surface area contributed by atoms with E-state index < -0.39 is 0 Å². The first-order chi connectivity index (χ1) is 21.7. The number of rotatable bonds is 12. The van der Waals surface area contributed by atoms with Gasteiger partial charge < -0.3 is 9.88 Å². The SMILES string of the molecule is CCCCN(C(=O)c1ccc(CN2CCCCC2)cc1)C(Cc1ccccc1CN1CCCCC1)c1nc2ccccc2[nH]1. The van der Waals surface area contributed by atoms with Crippen LogP contribution in [0.1, 0.15) is 97.2 Å². The van der Waals surface area contributed by atoms with E-state index in [9.17, 15) is 4.79 Å². The van der Waals surface area contributed by atoms with Gasteiger partial charge in [-0.2, -0.15) is 0 Å². The van der Waals surface area contributed by atoms with Gasteiger partial charge >= 0.3 is 0 Å². The zero-order valence-corrected chi connectivity index (χ0v) is 26.5. The molecule has 1 aromatic heterocycles. The lowest BCUT2D eigenvalue weighted by Gasteiger charge is -2.32. The Morgan fingerprint density at radius 2 is 1.43 bits per heavy atom. The van der Waals surface area contributed by atoms with Gasteiger partial charge in [-0.25, -0.2) is 4.98 Å². The summed E-state index contributed by atoms with van der Waals surface area (Å²) in [4.78, 5) is 30.3. The lowest BCUT2D eigenvalue weighted by Crippen LogP contribution is -2.38. The summed E-state index contributed by atoms with van der Waals surface area (Å²) in [5.74, 6) is 0.951. The molecule has 6 nitrogen and oxygen atoms in total. The van der Waals surface area contributed by atoms with E-state index >= 15 is 0 Å². The van der Waals surface area contributed by atoms with Crippen LogP contribution in [0.3, 0.4) is 0 Å². The molecule has 3 aromatic carbocycles. The second kappa shape index (κ2) is 15.0. The van der Waals surface area contributed by atoms with Crippen molar-refractivity contribution in [3.8, 4) is 0 Å². The summed E-state index contributed by atoms with van der Waals surface area (Å²) in [7, 11) is 0. The Morgan fingerprint density at radius 3 is 2.11 bits per heavy atom. The number of para-hydroxylation sites is 2. The molecule has 2 saturated heterocycles. The molecular weight excluding hydrogens is 542 g/mol. The van der Waals surface area contributed by atoms with Crippen molar-refractivity contribution in [3.05, 3.63) is 101 Å². The number of nitrogens with one attached hydrogen (secondary N) is 1. The van der Waals surface area contributed by atoms with E-state index in [1.54, 1.807) is 0 Å². The molecule has 232 valence electrons. The van der Waals surface area contributed by atoms with Gasteiger partial charge in [0.1, 0.15) is 5.82 Å². The van der Waals surface area contributed by atoms with Gasteiger partial charge in [0.15, 0.2) is 0 Å². The van der Waals surface area contributed by atoms with Crippen LogP contribution in [-0.2, 0) is 19.5 Å². The predicted molar refractivity (Wildman–Crippen MR) is 180 cm³/mol. The largest absolute Gasteiger partial charge is 0.340 e. The number of carbonyl (C=O) groups excluding carboxylic acids is 1. The van der Waals surface area contributed by atoms with E-state index in [1.165, 1.54) is 68.3 Å². The Balaban J connectivity index is 1.31. The summed E-state index contributed by atoms with van der Waals surface area (Å²) >= 11 is 0. The van der Waals surface area contributed by atoms with Crippen LogP contribution >= 0.6 is 0 Å². The molecule has 1 unspecified atom stereocenters. The zero-order chi connectivity index (χ0) is 30.1. The fraction of sp³-hybridized carbons (Fsp3) is 0.474. The Hall–Kier alpha value is -3.48. The standard InChI is InChI=1S/C38H49N5O/c1-2-3-26-43(38(44)31-20-18-30(19-21-31)28-41-22-10-4-11-23-41)36(37-39-34-16-8-9-17-35(34)40-37)27-32-14-6-7-15-33(32)29-42-24-12-5-13-25-42/h6-9,14-21,36H,2-5,10-13,22-29H2,1H3,(H,39,40). The van der Waals surface area contributed by atoms with Crippen molar-refractivity contribution in [2.75, 3.05) is 32.7 Å². The number of piperidine rings is 2. The van der Waals surface area contributed by atoms with Crippen LogP contribution < -0.4 is 0 Å². The smallest absolute Gasteiger partial charge is 0.254 e. The Morgan fingerprint density at radius 1 is 0.795 bits per heavy atom. The maximum Gasteiger partial charge on any atom is 0.254 e. The molecule has 1 N–H and O–H groups in total. The molecular formula is C38H49N5O. The first-order valence-electron chi connectivity index (χ1n) is 17.0. The number of imidazole rings is 1. The Labute approximate surface area is 263 Å². The van der Waals surface area contributed by atoms with Gasteiger partial charge in [0.05, 0.1) is 17.1 Å². The summed E-state index contributed by atoms with van der Waals surface area (Å²) < 4.78 is 0. The summed E-state index contributed by atoms with van der Waals surface area (Å²) in [5.41, 5.74) is 6.66. The van der Waals surface area contributed by atoms with Gasteiger partial charge in [0.25, 0.3) is 5.91 Å². The van der Waals surface area contributed by atoms with Crippen LogP contribution in [0.4, 0.5) is 0 Å². The van der Waals surface area contributed by atoms with Gasteiger partial charge in [-0.05, 0) is 99.2 Å². The Kier molecular flexibility index (Phi) is 10.4. The molecule has 2 fully saturated rings. The predicted octanol–water partition coefficient (Wildman–Crippen LogP) is 7.76. The molecule has 44 heavy (non-hydrogen) atoms. The highest BCUT2D eigenvalue weighted by Gasteiger charge is 2.30. The molecule has 1 amide bonds. The highest BCUT2D eigenvalue weighted by atomic mass is 16.2. The quantitative estimate of drug-likeness (QED) is 0.183. The lowest BCUT2D eigenvalue weighted by atomic mass is 9.97. The van der Waals surface area contributed by atoms with Crippen molar-refractivity contribution < 1.29 is 4.79 Å². The molecule has 3 heterocycles. The number of H-pyrrole nitrogens is 1. The molecule has 6 rings (SSSR count). The number of hydrogen-bond donors (Lipinski definition) is 1. The molecule has 2 aliphatic heterocycles. The summed E-state index contributed by atoms with van der Waals surface area (Å²) in [5, 5.41) is 0. The fourth-order valence-corrected chi connectivity index (χ4v) is 6.98. The maximum absolute atomic E-state index is 14.4. The molecule has 1 atom stereocenters. The van der Waals surface area contributed by atoms with Crippen molar-refractivity contribution in [2.45, 2.75) is 83.8 Å². The molecule has 2 aliphatic rings. The normalized spacial score (nSPS) is 17.1. The minimum absolute atomic E-state index is 0.0851. The molecule has 4 aromatic rings. The van der Waals surface area contributed by atoms with Gasteiger partial charge in [-0.1, -0.05) is 74.7 Å². The second-order valence-electron chi connectivity index (χ2n) is 12.9. The third-order valence-corrected chi connectivity index (χ3v) is 9.54. The number of amides is 1. The van der Waals surface area contributed by atoms with Crippen LogP contribution in [0.15, 0.2) is 72.8 Å². The number of benzene rings is 3. The van der Waals surface area contributed by atoms with Crippen molar-refractivity contribution >= 4 is 16.9 Å². The van der Waals surface area contributed by atoms with Gasteiger partial charge in [-0.3, -0.25) is 14.6 Å². The highest BCUT2D eigenvalue weighted by molar-refractivity contribution is 5.94. The molecule has 0 radical (unpaired) electrons. The number of aromatic nitrogens is 2. The molecule has 0 spiro atoms. The fourth-order valence-electron chi connectivity index (χ4n) is 6.98.